The first-order valence-corrected chi connectivity index (χ1v) is 7.05. The minimum atomic E-state index is -3.74. The summed E-state index contributed by atoms with van der Waals surface area (Å²) in [5.41, 5.74) is 0. The van der Waals surface area contributed by atoms with E-state index in [0.29, 0.717) is 6.42 Å². The zero-order valence-corrected chi connectivity index (χ0v) is 10.0. The van der Waals surface area contributed by atoms with E-state index in [0.717, 1.165) is 18.8 Å². The smallest absolute Gasteiger partial charge is 0.264 e. The zero-order chi connectivity index (χ0) is 11.0. The Morgan fingerprint density at radius 2 is 1.64 bits per heavy atom. The van der Waals surface area contributed by atoms with Crippen molar-refractivity contribution in [2.24, 2.45) is 5.92 Å². The molecule has 0 aliphatic carbocycles. The second kappa shape index (κ2) is 7.23. The lowest BCUT2D eigenvalue weighted by Gasteiger charge is -2.10. The lowest BCUT2D eigenvalue weighted by Crippen LogP contribution is -2.04. The summed E-state index contributed by atoms with van der Waals surface area (Å²) in [5, 5.41) is 0. The van der Waals surface area contributed by atoms with Crippen LogP contribution in [0.15, 0.2) is 0 Å². The van der Waals surface area contributed by atoms with E-state index in [1.807, 2.05) is 0 Å². The molecule has 0 spiro atoms. The Morgan fingerprint density at radius 3 is 2.07 bits per heavy atom. The van der Waals surface area contributed by atoms with Crippen LogP contribution >= 0.6 is 0 Å². The molecular formula is C10H22O3S. The van der Waals surface area contributed by atoms with Gasteiger partial charge in [-0.25, -0.2) is 0 Å². The molecule has 86 valence electrons. The van der Waals surface area contributed by atoms with E-state index in [9.17, 15) is 8.42 Å². The summed E-state index contributed by atoms with van der Waals surface area (Å²) < 4.78 is 29.3. The second-order valence-electron chi connectivity index (χ2n) is 3.82. The number of hydrogen-bond acceptors (Lipinski definition) is 2. The van der Waals surface area contributed by atoms with Crippen LogP contribution in [-0.4, -0.2) is 18.7 Å². The van der Waals surface area contributed by atoms with Gasteiger partial charge in [-0.1, -0.05) is 46.0 Å². The van der Waals surface area contributed by atoms with Crippen LogP contribution in [0.4, 0.5) is 0 Å². The van der Waals surface area contributed by atoms with Crippen LogP contribution in [-0.2, 0) is 10.1 Å². The molecule has 4 heteroatoms. The van der Waals surface area contributed by atoms with Gasteiger partial charge >= 0.3 is 0 Å². The van der Waals surface area contributed by atoms with Gasteiger partial charge in [-0.15, -0.1) is 0 Å². The Kier molecular flexibility index (Phi) is 7.19. The Morgan fingerprint density at radius 1 is 1.07 bits per heavy atom. The highest BCUT2D eigenvalue weighted by Crippen LogP contribution is 2.16. The van der Waals surface area contributed by atoms with E-state index < -0.39 is 10.1 Å². The Labute approximate surface area is 87.7 Å². The Hall–Kier alpha value is -0.0900. The van der Waals surface area contributed by atoms with Crippen molar-refractivity contribution in [2.45, 2.75) is 52.4 Å². The van der Waals surface area contributed by atoms with E-state index >= 15 is 0 Å². The summed E-state index contributed by atoms with van der Waals surface area (Å²) in [4.78, 5) is 0. The molecule has 0 atom stereocenters. The van der Waals surface area contributed by atoms with Crippen LogP contribution in [0.3, 0.4) is 0 Å². The Balaban J connectivity index is 3.38. The molecule has 0 aliphatic rings. The fourth-order valence-corrected chi connectivity index (χ4v) is 2.16. The molecule has 0 amide bonds. The summed E-state index contributed by atoms with van der Waals surface area (Å²) in [6, 6.07) is 0. The molecule has 0 bridgehead atoms. The molecule has 0 saturated heterocycles. The van der Waals surface area contributed by atoms with Crippen molar-refractivity contribution in [2.75, 3.05) is 5.75 Å². The normalized spacial score (nSPS) is 12.3. The summed E-state index contributed by atoms with van der Waals surface area (Å²) in [5.74, 6) is 0.691. The molecule has 0 aromatic rings. The maximum Gasteiger partial charge on any atom is 0.264 e. The third-order valence-corrected chi connectivity index (χ3v) is 3.47. The van der Waals surface area contributed by atoms with E-state index in [2.05, 4.69) is 13.8 Å². The molecular weight excluding hydrogens is 200 g/mol. The van der Waals surface area contributed by atoms with Gasteiger partial charge < -0.3 is 0 Å². The lowest BCUT2D eigenvalue weighted by molar-refractivity contribution is 0.430. The predicted molar refractivity (Wildman–Crippen MR) is 59.0 cm³/mol. The molecule has 0 aliphatic heterocycles. The topological polar surface area (TPSA) is 54.4 Å². The van der Waals surface area contributed by atoms with Crippen molar-refractivity contribution < 1.29 is 13.0 Å². The fraction of sp³-hybridized carbons (Fsp3) is 1.00. The summed E-state index contributed by atoms with van der Waals surface area (Å²) in [7, 11) is -3.74. The van der Waals surface area contributed by atoms with E-state index in [-0.39, 0.29) is 5.75 Å². The maximum absolute atomic E-state index is 10.4. The van der Waals surface area contributed by atoms with E-state index in [4.69, 9.17) is 4.55 Å². The van der Waals surface area contributed by atoms with Crippen molar-refractivity contribution in [1.82, 2.24) is 0 Å². The first-order chi connectivity index (χ1) is 6.49. The van der Waals surface area contributed by atoms with Crippen LogP contribution in [0.2, 0.25) is 0 Å². The van der Waals surface area contributed by atoms with Gasteiger partial charge in [0, 0.05) is 0 Å². The monoisotopic (exact) mass is 222 g/mol. The molecule has 0 fully saturated rings. The van der Waals surface area contributed by atoms with Crippen molar-refractivity contribution in [1.29, 1.82) is 0 Å². The second-order valence-corrected chi connectivity index (χ2v) is 5.39. The molecule has 14 heavy (non-hydrogen) atoms. The van der Waals surface area contributed by atoms with Gasteiger partial charge in [-0.05, 0) is 12.3 Å². The van der Waals surface area contributed by atoms with Crippen LogP contribution in [0, 0.1) is 5.92 Å². The molecule has 0 unspecified atom stereocenters. The van der Waals surface area contributed by atoms with Gasteiger partial charge in [0.25, 0.3) is 10.1 Å². The number of rotatable bonds is 8. The van der Waals surface area contributed by atoms with Gasteiger partial charge in [-0.2, -0.15) is 8.42 Å². The average Bonchev–Trinajstić information content (AvgIpc) is 2.09. The highest BCUT2D eigenvalue weighted by atomic mass is 32.2. The zero-order valence-electron chi connectivity index (χ0n) is 9.20. The van der Waals surface area contributed by atoms with E-state index in [1.54, 1.807) is 0 Å². The molecule has 0 heterocycles. The quantitative estimate of drug-likeness (QED) is 0.507. The van der Waals surface area contributed by atoms with Gasteiger partial charge in [0.05, 0.1) is 5.75 Å². The predicted octanol–water partition coefficient (Wildman–Crippen LogP) is 2.87. The molecule has 0 radical (unpaired) electrons. The minimum absolute atomic E-state index is 0.0874. The van der Waals surface area contributed by atoms with E-state index in [1.165, 1.54) is 19.3 Å². The lowest BCUT2D eigenvalue weighted by atomic mass is 9.96. The van der Waals surface area contributed by atoms with Crippen molar-refractivity contribution in [3.05, 3.63) is 0 Å². The standard InChI is InChI=1S/C10H22O3S/c1-3-10(4-2)8-6-5-7-9-14(11,12)13/h10H,3-9H2,1-2H3,(H,11,12,13). The van der Waals surface area contributed by atoms with Crippen LogP contribution < -0.4 is 0 Å². The summed E-state index contributed by atoms with van der Waals surface area (Å²) >= 11 is 0. The highest BCUT2D eigenvalue weighted by molar-refractivity contribution is 7.85. The molecule has 3 nitrogen and oxygen atoms in total. The molecule has 1 N–H and O–H groups in total. The molecule has 0 aromatic heterocycles. The average molecular weight is 222 g/mol. The van der Waals surface area contributed by atoms with Gasteiger partial charge in [0.1, 0.15) is 0 Å². The first kappa shape index (κ1) is 13.9. The maximum atomic E-state index is 10.4. The van der Waals surface area contributed by atoms with Crippen molar-refractivity contribution >= 4 is 10.1 Å². The van der Waals surface area contributed by atoms with Crippen LogP contribution in [0.5, 0.6) is 0 Å². The van der Waals surface area contributed by atoms with Crippen LogP contribution in [0.1, 0.15) is 52.4 Å². The Bertz CT molecular complexity index is 218. The molecule has 0 saturated carbocycles. The van der Waals surface area contributed by atoms with Gasteiger partial charge in [0.2, 0.25) is 0 Å². The van der Waals surface area contributed by atoms with Crippen molar-refractivity contribution in [3.8, 4) is 0 Å². The first-order valence-electron chi connectivity index (χ1n) is 5.44. The van der Waals surface area contributed by atoms with Crippen LogP contribution in [0.25, 0.3) is 0 Å². The molecule has 0 aromatic carbocycles. The third-order valence-electron chi connectivity index (χ3n) is 2.67. The third kappa shape index (κ3) is 8.51. The van der Waals surface area contributed by atoms with Gasteiger partial charge in [-0.3, -0.25) is 4.55 Å². The summed E-state index contributed by atoms with van der Waals surface area (Å²) in [6.45, 7) is 4.37. The SMILES string of the molecule is CCC(CC)CCCCCS(=O)(=O)O. The highest BCUT2D eigenvalue weighted by Gasteiger charge is 2.05. The molecule has 0 rings (SSSR count). The number of unbranched alkanes of at least 4 members (excludes halogenated alkanes) is 2. The number of hydrogen-bond donors (Lipinski definition) is 1. The fourth-order valence-electron chi connectivity index (χ4n) is 1.59. The summed E-state index contributed by atoms with van der Waals surface area (Å²) in [6.07, 6.45) is 6.14. The minimum Gasteiger partial charge on any atom is -0.286 e. The largest absolute Gasteiger partial charge is 0.286 e. The van der Waals surface area contributed by atoms with Gasteiger partial charge in [0.15, 0.2) is 0 Å². The van der Waals surface area contributed by atoms with Crippen molar-refractivity contribution in [3.63, 3.8) is 0 Å².